The SMILES string of the molecule is Cn1cc(C=O)c(=O)c2ccccc21.Cn1cc(CN(CCCn2ccnc2)Cc2ccncc2)c(=O)c2ccccc21.c1cc(CNCCCn2ccnc2)ccn1. The molecule has 0 unspecified atom stereocenters. The van der Waals surface area contributed by atoms with Crippen molar-refractivity contribution in [2.75, 3.05) is 13.1 Å². The molecule has 0 atom stereocenters. The van der Waals surface area contributed by atoms with E-state index in [-0.39, 0.29) is 16.4 Å². The molecule has 0 aliphatic heterocycles. The maximum absolute atomic E-state index is 13.1. The Morgan fingerprint density at radius 2 is 1.19 bits per heavy atom. The summed E-state index contributed by atoms with van der Waals surface area (Å²) in [6, 6.07) is 23.1. The number of nitrogens with zero attached hydrogens (tertiary/aromatic N) is 9. The van der Waals surface area contributed by atoms with Gasteiger partial charge < -0.3 is 23.6 Å². The van der Waals surface area contributed by atoms with Crippen molar-refractivity contribution in [3.63, 3.8) is 0 Å². The van der Waals surface area contributed by atoms with Gasteiger partial charge in [-0.2, -0.15) is 0 Å². The second-order valence-electron chi connectivity index (χ2n) is 14.2. The molecule has 0 aliphatic carbocycles. The lowest BCUT2D eigenvalue weighted by molar-refractivity contribution is 0.112. The summed E-state index contributed by atoms with van der Waals surface area (Å²) in [5.74, 6) is 0. The highest BCUT2D eigenvalue weighted by Crippen LogP contribution is 2.14. The number of aldehydes is 1. The summed E-state index contributed by atoms with van der Waals surface area (Å²) in [5.41, 5.74) is 5.21. The van der Waals surface area contributed by atoms with Crippen molar-refractivity contribution in [1.82, 2.24) is 48.4 Å². The number of hydrogen-bond acceptors (Lipinski definition) is 9. The van der Waals surface area contributed by atoms with Gasteiger partial charge in [0.2, 0.25) is 0 Å². The quantitative estimate of drug-likeness (QED) is 0.0975. The van der Waals surface area contributed by atoms with Crippen LogP contribution in [0.4, 0.5) is 0 Å². The van der Waals surface area contributed by atoms with Crippen LogP contribution in [-0.4, -0.2) is 62.5 Å². The fraction of sp³-hybridized carbons (Fsp3) is 0.239. The first-order valence-corrected chi connectivity index (χ1v) is 19.6. The lowest BCUT2D eigenvalue weighted by atomic mass is 10.1. The standard InChI is InChI=1S/C23H25N5O.C12H16N4.C11H9NO2/c1-26-16-20(23(29)21-5-2-3-6-22(21)26)17-28(15-19-7-9-24-10-8-19)13-4-12-27-14-11-25-18-27;1(8-16-9-7-15-11-16)4-14-10-12-2-5-13-6-3-12;1-12-6-8(7-13)11(14)9-4-2-3-5-10(9)12/h2-3,5-11,14,16,18H,4,12-13,15,17H2,1H3;2-3,5-7,9,11,14H,1,4,8,10H2;2-7H,1H3. The first-order valence-electron chi connectivity index (χ1n) is 19.6. The van der Waals surface area contributed by atoms with E-state index in [1.165, 1.54) is 11.1 Å². The van der Waals surface area contributed by atoms with E-state index in [9.17, 15) is 14.4 Å². The molecule has 0 aliphatic rings. The molecule has 302 valence electrons. The van der Waals surface area contributed by atoms with Crippen LogP contribution in [-0.2, 0) is 46.8 Å². The number of aromatic nitrogens is 8. The third-order valence-electron chi connectivity index (χ3n) is 9.83. The van der Waals surface area contributed by atoms with Crippen molar-refractivity contribution in [1.29, 1.82) is 0 Å². The van der Waals surface area contributed by atoms with Crippen LogP contribution in [0.3, 0.4) is 0 Å². The van der Waals surface area contributed by atoms with E-state index in [1.54, 1.807) is 29.1 Å². The number of pyridine rings is 4. The molecule has 13 nitrogen and oxygen atoms in total. The van der Waals surface area contributed by atoms with E-state index in [1.807, 2.05) is 142 Å². The maximum Gasteiger partial charge on any atom is 0.199 e. The largest absolute Gasteiger partial charge is 0.350 e. The number of para-hydroxylation sites is 2. The molecule has 13 heteroatoms. The Hall–Kier alpha value is -6.83. The van der Waals surface area contributed by atoms with Gasteiger partial charge in [-0.25, -0.2) is 9.97 Å². The number of nitrogens with one attached hydrogen (secondary N) is 1. The van der Waals surface area contributed by atoms with E-state index >= 15 is 0 Å². The molecule has 0 amide bonds. The van der Waals surface area contributed by atoms with Gasteiger partial charge in [0, 0.05) is 132 Å². The lowest BCUT2D eigenvalue weighted by Gasteiger charge is -2.23. The van der Waals surface area contributed by atoms with E-state index in [2.05, 4.69) is 39.3 Å². The van der Waals surface area contributed by atoms with Gasteiger partial charge in [-0.3, -0.25) is 29.3 Å². The number of hydrogen-bond donors (Lipinski definition) is 1. The van der Waals surface area contributed by atoms with Crippen molar-refractivity contribution >= 4 is 28.1 Å². The van der Waals surface area contributed by atoms with Crippen LogP contribution >= 0.6 is 0 Å². The summed E-state index contributed by atoms with van der Waals surface area (Å²) in [4.78, 5) is 53.9. The van der Waals surface area contributed by atoms with Gasteiger partial charge in [-0.1, -0.05) is 24.3 Å². The third kappa shape index (κ3) is 12.1. The van der Waals surface area contributed by atoms with E-state index in [0.717, 1.165) is 74.1 Å². The molecule has 8 rings (SSSR count). The van der Waals surface area contributed by atoms with Gasteiger partial charge in [-0.15, -0.1) is 0 Å². The Morgan fingerprint density at radius 1 is 0.627 bits per heavy atom. The average molecular weight is 791 g/mol. The molecular formula is C46H50N10O3. The molecule has 2 aromatic carbocycles. The maximum atomic E-state index is 13.1. The zero-order valence-electron chi connectivity index (χ0n) is 33.5. The van der Waals surface area contributed by atoms with Gasteiger partial charge in [0.1, 0.15) is 0 Å². The van der Waals surface area contributed by atoms with Crippen LogP contribution in [0.25, 0.3) is 21.8 Å². The van der Waals surface area contributed by atoms with Crippen LogP contribution in [0.2, 0.25) is 0 Å². The lowest BCUT2D eigenvalue weighted by Crippen LogP contribution is -2.28. The number of imidazole rings is 2. The topological polar surface area (TPSA) is 138 Å². The molecule has 0 saturated carbocycles. The van der Waals surface area contributed by atoms with Crippen molar-refractivity contribution in [3.8, 4) is 0 Å². The first-order chi connectivity index (χ1) is 28.9. The molecule has 0 bridgehead atoms. The summed E-state index contributed by atoms with van der Waals surface area (Å²) in [7, 11) is 3.81. The highest BCUT2D eigenvalue weighted by Gasteiger charge is 2.13. The number of fused-ring (bicyclic) bond motifs is 2. The van der Waals surface area contributed by atoms with Gasteiger partial charge >= 0.3 is 0 Å². The van der Waals surface area contributed by atoms with Crippen molar-refractivity contribution in [3.05, 3.63) is 190 Å². The normalized spacial score (nSPS) is 10.9. The summed E-state index contributed by atoms with van der Waals surface area (Å²) in [6.07, 6.45) is 24.7. The number of carbonyl (C=O) groups is 1. The van der Waals surface area contributed by atoms with Gasteiger partial charge in [-0.05, 0) is 79.0 Å². The van der Waals surface area contributed by atoms with Crippen LogP contribution in [0.5, 0.6) is 0 Å². The Kier molecular flexibility index (Phi) is 15.3. The number of benzene rings is 2. The van der Waals surface area contributed by atoms with E-state index < -0.39 is 0 Å². The molecule has 8 aromatic rings. The average Bonchev–Trinajstić information content (AvgIpc) is 4.01. The molecular weight excluding hydrogens is 741 g/mol. The third-order valence-corrected chi connectivity index (χ3v) is 9.83. The minimum atomic E-state index is -0.200. The highest BCUT2D eigenvalue weighted by atomic mass is 16.1. The molecule has 6 heterocycles. The van der Waals surface area contributed by atoms with Crippen LogP contribution in [0.1, 0.15) is 39.9 Å². The molecule has 0 spiro atoms. The predicted octanol–water partition coefficient (Wildman–Crippen LogP) is 6.03. The van der Waals surface area contributed by atoms with Crippen LogP contribution in [0.15, 0.2) is 157 Å². The summed E-state index contributed by atoms with van der Waals surface area (Å²) in [5, 5.41) is 4.76. The van der Waals surface area contributed by atoms with Crippen LogP contribution in [0, 0.1) is 0 Å². The van der Waals surface area contributed by atoms with E-state index in [4.69, 9.17) is 0 Å². The van der Waals surface area contributed by atoms with Crippen molar-refractivity contribution < 1.29 is 4.79 Å². The minimum Gasteiger partial charge on any atom is -0.350 e. The molecule has 6 aromatic heterocycles. The monoisotopic (exact) mass is 790 g/mol. The number of rotatable bonds is 15. The fourth-order valence-electron chi connectivity index (χ4n) is 6.81. The van der Waals surface area contributed by atoms with Gasteiger partial charge in [0.15, 0.2) is 17.1 Å². The molecule has 0 fully saturated rings. The van der Waals surface area contributed by atoms with Gasteiger partial charge in [0.05, 0.1) is 29.3 Å². The zero-order chi connectivity index (χ0) is 41.2. The molecule has 0 radical (unpaired) electrons. The first kappa shape index (κ1) is 41.8. The Labute approximate surface area is 343 Å². The second kappa shape index (κ2) is 21.6. The van der Waals surface area contributed by atoms with Crippen LogP contribution < -0.4 is 16.2 Å². The number of aryl methyl sites for hydroxylation is 4. The fourth-order valence-corrected chi connectivity index (χ4v) is 6.81. The Bertz CT molecular complexity index is 2610. The Morgan fingerprint density at radius 3 is 1.78 bits per heavy atom. The summed E-state index contributed by atoms with van der Waals surface area (Å²) in [6.45, 7) is 6.13. The van der Waals surface area contributed by atoms with E-state index in [0.29, 0.717) is 18.2 Å². The molecule has 0 saturated heterocycles. The predicted molar refractivity (Wildman–Crippen MR) is 232 cm³/mol. The Balaban J connectivity index is 0.000000164. The van der Waals surface area contributed by atoms with Gasteiger partial charge in [0.25, 0.3) is 0 Å². The second-order valence-corrected chi connectivity index (χ2v) is 14.2. The number of carbonyl (C=O) groups excluding carboxylic acids is 1. The minimum absolute atomic E-state index is 0.119. The summed E-state index contributed by atoms with van der Waals surface area (Å²) >= 11 is 0. The smallest absolute Gasteiger partial charge is 0.199 e. The highest BCUT2D eigenvalue weighted by molar-refractivity contribution is 5.86. The summed E-state index contributed by atoms with van der Waals surface area (Å²) < 4.78 is 8.00. The molecule has 1 N–H and O–H groups in total. The molecule has 59 heavy (non-hydrogen) atoms. The van der Waals surface area contributed by atoms with Crippen molar-refractivity contribution in [2.45, 2.75) is 45.6 Å². The van der Waals surface area contributed by atoms with Crippen molar-refractivity contribution in [2.24, 2.45) is 14.1 Å². The zero-order valence-corrected chi connectivity index (χ0v) is 33.5.